The standard InChI is InChI=1S/C12H13N3O2S/c1-18-12(5-6-12)8-14-10-4-2-3-9(7-13)11(10)15(16)17/h2-4,14H,5-6,8H2,1H3. The summed E-state index contributed by atoms with van der Waals surface area (Å²) in [7, 11) is 0. The first-order chi connectivity index (χ1) is 8.62. The molecule has 6 heteroatoms. The molecule has 18 heavy (non-hydrogen) atoms. The zero-order valence-electron chi connectivity index (χ0n) is 9.97. The van der Waals surface area contributed by atoms with Crippen LogP contribution in [0.2, 0.25) is 0 Å². The van der Waals surface area contributed by atoms with Gasteiger partial charge < -0.3 is 5.32 Å². The van der Waals surface area contributed by atoms with Gasteiger partial charge in [-0.05, 0) is 31.2 Å². The normalized spacial score (nSPS) is 15.8. The largest absolute Gasteiger partial charge is 0.378 e. The van der Waals surface area contributed by atoms with Crippen molar-refractivity contribution in [3.05, 3.63) is 33.9 Å². The molecule has 0 spiro atoms. The summed E-state index contributed by atoms with van der Waals surface area (Å²) in [5.74, 6) is 0. The Kier molecular flexibility index (Phi) is 3.43. The van der Waals surface area contributed by atoms with Crippen LogP contribution in [0.4, 0.5) is 11.4 Å². The molecule has 5 nitrogen and oxygen atoms in total. The van der Waals surface area contributed by atoms with Gasteiger partial charge in [-0.25, -0.2) is 0 Å². The molecule has 94 valence electrons. The third kappa shape index (κ3) is 2.41. The van der Waals surface area contributed by atoms with Crippen molar-refractivity contribution in [2.45, 2.75) is 17.6 Å². The molecular weight excluding hydrogens is 250 g/mol. The van der Waals surface area contributed by atoms with Crippen molar-refractivity contribution in [1.29, 1.82) is 5.26 Å². The highest BCUT2D eigenvalue weighted by atomic mass is 32.2. The molecule has 1 aromatic carbocycles. The van der Waals surface area contributed by atoms with E-state index in [-0.39, 0.29) is 16.0 Å². The van der Waals surface area contributed by atoms with E-state index >= 15 is 0 Å². The maximum absolute atomic E-state index is 11.0. The Hall–Kier alpha value is -1.74. The minimum Gasteiger partial charge on any atom is -0.378 e. The highest BCUT2D eigenvalue weighted by molar-refractivity contribution is 8.00. The number of thioether (sulfide) groups is 1. The first kappa shape index (κ1) is 12.7. The molecule has 0 radical (unpaired) electrons. The molecule has 0 atom stereocenters. The highest BCUT2D eigenvalue weighted by Gasteiger charge is 2.41. The van der Waals surface area contributed by atoms with Gasteiger partial charge in [0, 0.05) is 11.3 Å². The van der Waals surface area contributed by atoms with Gasteiger partial charge in [0.05, 0.1) is 4.92 Å². The van der Waals surface area contributed by atoms with Crippen LogP contribution in [-0.2, 0) is 0 Å². The topological polar surface area (TPSA) is 79.0 Å². The molecule has 1 fully saturated rings. The fourth-order valence-corrected chi connectivity index (χ4v) is 2.55. The van der Waals surface area contributed by atoms with Gasteiger partial charge >= 0.3 is 5.69 Å². The Labute approximate surface area is 109 Å². The van der Waals surface area contributed by atoms with Gasteiger partial charge in [0.25, 0.3) is 0 Å². The molecule has 2 rings (SSSR count). The number of hydrogen-bond acceptors (Lipinski definition) is 5. The number of nitrogens with zero attached hydrogens (tertiary/aromatic N) is 2. The lowest BCUT2D eigenvalue weighted by Crippen LogP contribution is -2.18. The van der Waals surface area contributed by atoms with Crippen molar-refractivity contribution in [3.8, 4) is 6.07 Å². The van der Waals surface area contributed by atoms with Gasteiger partial charge in [-0.1, -0.05) is 6.07 Å². The summed E-state index contributed by atoms with van der Waals surface area (Å²) in [4.78, 5) is 10.5. The van der Waals surface area contributed by atoms with Crippen molar-refractivity contribution in [1.82, 2.24) is 0 Å². The molecule has 1 saturated carbocycles. The zero-order chi connectivity index (χ0) is 13.2. The van der Waals surface area contributed by atoms with E-state index in [0.717, 1.165) is 12.8 Å². The van der Waals surface area contributed by atoms with Crippen LogP contribution in [0, 0.1) is 21.4 Å². The van der Waals surface area contributed by atoms with Crippen LogP contribution in [0.15, 0.2) is 18.2 Å². The molecule has 1 aliphatic rings. The molecule has 1 N–H and O–H groups in total. The van der Waals surface area contributed by atoms with Gasteiger partial charge in [0.1, 0.15) is 17.3 Å². The Morgan fingerprint density at radius 3 is 2.83 bits per heavy atom. The molecule has 0 aromatic heterocycles. The van der Waals surface area contributed by atoms with Gasteiger partial charge in [0.2, 0.25) is 0 Å². The SMILES string of the molecule is CSC1(CNc2cccc(C#N)c2[N+](=O)[O-])CC1. The lowest BCUT2D eigenvalue weighted by molar-refractivity contribution is -0.384. The van der Waals surface area contributed by atoms with E-state index in [1.807, 2.05) is 6.07 Å². The van der Waals surface area contributed by atoms with Gasteiger partial charge in [-0.2, -0.15) is 17.0 Å². The van der Waals surface area contributed by atoms with Crippen LogP contribution >= 0.6 is 11.8 Å². The lowest BCUT2D eigenvalue weighted by Gasteiger charge is -2.14. The Balaban J connectivity index is 2.22. The van der Waals surface area contributed by atoms with Crippen LogP contribution in [-0.4, -0.2) is 22.5 Å². The number of rotatable bonds is 5. The number of benzene rings is 1. The number of para-hydroxylation sites is 1. The van der Waals surface area contributed by atoms with Crippen molar-refractivity contribution in [2.24, 2.45) is 0 Å². The van der Waals surface area contributed by atoms with Crippen LogP contribution in [0.25, 0.3) is 0 Å². The number of nitriles is 1. The van der Waals surface area contributed by atoms with Crippen LogP contribution in [0.3, 0.4) is 0 Å². The second-order valence-electron chi connectivity index (χ2n) is 4.31. The minimum atomic E-state index is -0.500. The van der Waals surface area contributed by atoms with Crippen molar-refractivity contribution in [3.63, 3.8) is 0 Å². The average molecular weight is 263 g/mol. The summed E-state index contributed by atoms with van der Waals surface area (Å²) in [5, 5.41) is 23.0. The molecule has 0 heterocycles. The van der Waals surface area contributed by atoms with E-state index in [4.69, 9.17) is 5.26 Å². The summed E-state index contributed by atoms with van der Waals surface area (Å²) in [6.45, 7) is 0.698. The fraction of sp³-hybridized carbons (Fsp3) is 0.417. The third-order valence-corrected chi connectivity index (χ3v) is 4.60. The van der Waals surface area contributed by atoms with E-state index < -0.39 is 4.92 Å². The summed E-state index contributed by atoms with van der Waals surface area (Å²) < 4.78 is 0.219. The molecule has 1 aromatic rings. The average Bonchev–Trinajstić information content (AvgIpc) is 3.16. The maximum Gasteiger partial charge on any atom is 0.309 e. The van der Waals surface area contributed by atoms with Gasteiger partial charge in [-0.15, -0.1) is 0 Å². The summed E-state index contributed by atoms with van der Waals surface area (Å²) in [5.41, 5.74) is 0.398. The summed E-state index contributed by atoms with van der Waals surface area (Å²) in [6, 6.07) is 6.63. The Morgan fingerprint density at radius 2 is 2.33 bits per heavy atom. The van der Waals surface area contributed by atoms with E-state index in [2.05, 4.69) is 11.6 Å². The minimum absolute atomic E-state index is 0.0963. The molecule has 0 bridgehead atoms. The smallest absolute Gasteiger partial charge is 0.309 e. The second-order valence-corrected chi connectivity index (χ2v) is 5.59. The summed E-state index contributed by atoms with van der Waals surface area (Å²) >= 11 is 1.78. The van der Waals surface area contributed by atoms with Crippen molar-refractivity contribution >= 4 is 23.1 Å². The Bertz CT molecular complexity index is 521. The second kappa shape index (κ2) is 4.86. The maximum atomic E-state index is 11.0. The number of nitro groups is 1. The predicted octanol–water partition coefficient (Wildman–Crippen LogP) is 2.77. The predicted molar refractivity (Wildman–Crippen MR) is 71.8 cm³/mol. The van der Waals surface area contributed by atoms with Crippen LogP contribution in [0.5, 0.6) is 0 Å². The highest BCUT2D eigenvalue weighted by Crippen LogP contribution is 2.47. The molecule has 0 unspecified atom stereocenters. The number of nitrogens with one attached hydrogen (secondary N) is 1. The van der Waals surface area contributed by atoms with Gasteiger partial charge in [0.15, 0.2) is 0 Å². The lowest BCUT2D eigenvalue weighted by atomic mass is 10.1. The number of nitro benzene ring substituents is 1. The fourth-order valence-electron chi connectivity index (χ4n) is 1.82. The zero-order valence-corrected chi connectivity index (χ0v) is 10.8. The van der Waals surface area contributed by atoms with Crippen LogP contribution in [0.1, 0.15) is 18.4 Å². The monoisotopic (exact) mass is 263 g/mol. The number of anilines is 1. The third-order valence-electron chi connectivity index (χ3n) is 3.18. The van der Waals surface area contributed by atoms with E-state index in [1.54, 1.807) is 23.9 Å². The van der Waals surface area contributed by atoms with Crippen LogP contribution < -0.4 is 5.32 Å². The number of hydrogen-bond donors (Lipinski definition) is 1. The quantitative estimate of drug-likeness (QED) is 0.652. The van der Waals surface area contributed by atoms with Gasteiger partial charge in [-0.3, -0.25) is 10.1 Å². The van der Waals surface area contributed by atoms with E-state index in [0.29, 0.717) is 12.2 Å². The van der Waals surface area contributed by atoms with Crippen molar-refractivity contribution in [2.75, 3.05) is 18.1 Å². The molecule has 0 saturated heterocycles. The van der Waals surface area contributed by atoms with E-state index in [9.17, 15) is 10.1 Å². The Morgan fingerprint density at radius 1 is 1.61 bits per heavy atom. The molecular formula is C12H13N3O2S. The summed E-state index contributed by atoms with van der Waals surface area (Å²) in [6.07, 6.45) is 4.31. The first-order valence-corrected chi connectivity index (χ1v) is 6.81. The van der Waals surface area contributed by atoms with E-state index in [1.165, 1.54) is 6.07 Å². The first-order valence-electron chi connectivity index (χ1n) is 5.58. The molecule has 0 amide bonds. The molecule has 1 aliphatic carbocycles. The molecule has 0 aliphatic heterocycles. The van der Waals surface area contributed by atoms with Crippen molar-refractivity contribution < 1.29 is 4.92 Å².